The van der Waals surface area contributed by atoms with Gasteiger partial charge in [0.1, 0.15) is 30.5 Å². The van der Waals surface area contributed by atoms with Crippen LogP contribution in [0.3, 0.4) is 0 Å². The van der Waals surface area contributed by atoms with E-state index < -0.39 is 92.1 Å². The molecule has 0 bridgehead atoms. The van der Waals surface area contributed by atoms with Gasteiger partial charge in [0.25, 0.3) is 0 Å². The maximum Gasteiger partial charge on any atom is 0.187 e. The van der Waals surface area contributed by atoms with E-state index in [1.54, 1.807) is 0 Å². The minimum atomic E-state index is -1.62. The predicted molar refractivity (Wildman–Crippen MR) is 107 cm³/mol. The molecule has 2 saturated heterocycles. The van der Waals surface area contributed by atoms with Crippen molar-refractivity contribution in [2.24, 2.45) is 11.8 Å². The van der Waals surface area contributed by atoms with Crippen LogP contribution in [0.4, 0.5) is 0 Å². The van der Waals surface area contributed by atoms with E-state index >= 15 is 0 Å². The molecule has 2 aliphatic heterocycles. The molecule has 4 rings (SSSR count). The number of aliphatic hydroxyl groups is 9. The molecule has 33 heavy (non-hydrogen) atoms. The third kappa shape index (κ3) is 5.08. The van der Waals surface area contributed by atoms with Crippen molar-refractivity contribution in [3.8, 4) is 0 Å². The van der Waals surface area contributed by atoms with E-state index in [0.717, 1.165) is 0 Å². The molecule has 0 radical (unpaired) electrons. The van der Waals surface area contributed by atoms with Crippen LogP contribution < -0.4 is 0 Å². The highest BCUT2D eigenvalue weighted by atomic mass is 16.7. The molecule has 2 aliphatic carbocycles. The van der Waals surface area contributed by atoms with Gasteiger partial charge in [0.15, 0.2) is 6.29 Å². The van der Waals surface area contributed by atoms with Crippen LogP contribution in [0.25, 0.3) is 0 Å². The van der Waals surface area contributed by atoms with Gasteiger partial charge in [0.2, 0.25) is 0 Å². The largest absolute Gasteiger partial charge is 0.394 e. The van der Waals surface area contributed by atoms with Gasteiger partial charge in [-0.2, -0.15) is 0 Å². The Morgan fingerprint density at radius 3 is 1.97 bits per heavy atom. The Kier molecular flexibility index (Phi) is 7.95. The van der Waals surface area contributed by atoms with Crippen molar-refractivity contribution in [3.63, 3.8) is 0 Å². The molecular weight excluding hydrogens is 444 g/mol. The number of ether oxygens (including phenoxy) is 3. The molecule has 2 heterocycles. The average molecular weight is 481 g/mol. The van der Waals surface area contributed by atoms with Gasteiger partial charge in [0, 0.05) is 5.92 Å². The van der Waals surface area contributed by atoms with Gasteiger partial charge in [-0.05, 0) is 38.0 Å². The summed E-state index contributed by atoms with van der Waals surface area (Å²) in [6.45, 7) is -0.615. The Bertz CT molecular complexity index is 639. The zero-order chi connectivity index (χ0) is 24.0. The fourth-order valence-electron chi connectivity index (χ4n) is 5.82. The number of hydrogen-bond donors (Lipinski definition) is 9. The molecular formula is C21H36O12. The topological polar surface area (TPSA) is 210 Å². The summed E-state index contributed by atoms with van der Waals surface area (Å²) in [6.07, 6.45) is -13.7. The zero-order valence-electron chi connectivity index (χ0n) is 18.2. The van der Waals surface area contributed by atoms with Crippen LogP contribution in [0.15, 0.2) is 0 Å². The van der Waals surface area contributed by atoms with E-state index in [2.05, 4.69) is 0 Å². The summed E-state index contributed by atoms with van der Waals surface area (Å²) in [7, 11) is 0. The maximum atomic E-state index is 10.5. The fraction of sp³-hybridized carbons (Fsp3) is 1.00. The van der Waals surface area contributed by atoms with Crippen molar-refractivity contribution < 1.29 is 60.2 Å². The quantitative estimate of drug-likeness (QED) is 0.188. The highest BCUT2D eigenvalue weighted by Gasteiger charge is 2.52. The van der Waals surface area contributed by atoms with E-state index in [-0.39, 0.29) is 31.6 Å². The van der Waals surface area contributed by atoms with Crippen LogP contribution in [0.1, 0.15) is 32.1 Å². The molecule has 4 aliphatic rings. The second-order valence-corrected chi connectivity index (χ2v) is 9.96. The van der Waals surface area contributed by atoms with E-state index in [4.69, 9.17) is 14.2 Å². The summed E-state index contributed by atoms with van der Waals surface area (Å²) in [5.74, 6) is -0.839. The zero-order valence-corrected chi connectivity index (χ0v) is 18.2. The maximum absolute atomic E-state index is 10.5. The SMILES string of the molecule is OC[C@H]1O[C@H](OC2CC3C(O)CC(O)CC3OC2C2CC(O)C(O)C(O)C2)[C@H](O)[C@@H](O)[C@@H]1O. The Labute approximate surface area is 191 Å². The van der Waals surface area contributed by atoms with Gasteiger partial charge < -0.3 is 60.2 Å². The van der Waals surface area contributed by atoms with Gasteiger partial charge in [-0.25, -0.2) is 0 Å². The molecule has 12 heteroatoms. The molecule has 4 fully saturated rings. The molecule has 0 aromatic carbocycles. The fourth-order valence-corrected chi connectivity index (χ4v) is 5.82. The summed E-state index contributed by atoms with van der Waals surface area (Å²) in [5, 5.41) is 90.9. The lowest BCUT2D eigenvalue weighted by Gasteiger charge is -2.51. The summed E-state index contributed by atoms with van der Waals surface area (Å²) in [4.78, 5) is 0. The van der Waals surface area contributed by atoms with E-state index in [0.29, 0.717) is 6.42 Å². The molecule has 2 saturated carbocycles. The number of rotatable bonds is 4. The Morgan fingerprint density at radius 1 is 0.667 bits per heavy atom. The van der Waals surface area contributed by atoms with Crippen LogP contribution in [0.5, 0.6) is 0 Å². The Hall–Kier alpha value is -0.480. The predicted octanol–water partition coefficient (Wildman–Crippen LogP) is -4.05. The average Bonchev–Trinajstić information content (AvgIpc) is 2.77. The highest BCUT2D eigenvalue weighted by molar-refractivity contribution is 5.00. The highest BCUT2D eigenvalue weighted by Crippen LogP contribution is 2.43. The van der Waals surface area contributed by atoms with Crippen LogP contribution >= 0.6 is 0 Å². The van der Waals surface area contributed by atoms with Crippen LogP contribution in [-0.2, 0) is 14.2 Å². The first-order chi connectivity index (χ1) is 15.6. The van der Waals surface area contributed by atoms with Crippen molar-refractivity contribution in [1.82, 2.24) is 0 Å². The molecule has 0 spiro atoms. The first-order valence-electron chi connectivity index (χ1n) is 11.6. The van der Waals surface area contributed by atoms with Gasteiger partial charge >= 0.3 is 0 Å². The Morgan fingerprint density at radius 2 is 1.33 bits per heavy atom. The van der Waals surface area contributed by atoms with Gasteiger partial charge in [-0.15, -0.1) is 0 Å². The first kappa shape index (κ1) is 25.6. The van der Waals surface area contributed by atoms with E-state index in [9.17, 15) is 46.0 Å². The summed E-state index contributed by atoms with van der Waals surface area (Å²) in [5.41, 5.74) is 0. The van der Waals surface area contributed by atoms with Crippen molar-refractivity contribution in [2.45, 2.75) is 112 Å². The molecule has 0 amide bonds. The minimum Gasteiger partial charge on any atom is -0.394 e. The number of aliphatic hydroxyl groups excluding tert-OH is 9. The molecule has 12 nitrogen and oxygen atoms in total. The van der Waals surface area contributed by atoms with E-state index in [1.807, 2.05) is 0 Å². The van der Waals surface area contributed by atoms with Crippen LogP contribution in [0, 0.1) is 11.8 Å². The first-order valence-corrected chi connectivity index (χ1v) is 11.6. The third-order valence-electron chi connectivity index (χ3n) is 7.69. The second kappa shape index (κ2) is 10.2. The molecule has 9 N–H and O–H groups in total. The van der Waals surface area contributed by atoms with Crippen LogP contribution in [-0.4, -0.2) is 132 Å². The number of fused-ring (bicyclic) bond motifs is 1. The molecule has 192 valence electrons. The lowest BCUT2D eigenvalue weighted by molar-refractivity contribution is -0.333. The van der Waals surface area contributed by atoms with Gasteiger partial charge in [-0.1, -0.05) is 0 Å². The van der Waals surface area contributed by atoms with Crippen molar-refractivity contribution in [3.05, 3.63) is 0 Å². The monoisotopic (exact) mass is 480 g/mol. The summed E-state index contributed by atoms with van der Waals surface area (Å²) >= 11 is 0. The van der Waals surface area contributed by atoms with Gasteiger partial charge in [0.05, 0.1) is 49.3 Å². The summed E-state index contributed by atoms with van der Waals surface area (Å²) in [6, 6.07) is 0. The Balaban J connectivity index is 1.56. The molecule has 0 aromatic heterocycles. The molecule has 13 atom stereocenters. The van der Waals surface area contributed by atoms with E-state index in [1.165, 1.54) is 0 Å². The third-order valence-corrected chi connectivity index (χ3v) is 7.69. The second-order valence-electron chi connectivity index (χ2n) is 9.96. The van der Waals surface area contributed by atoms with Crippen LogP contribution in [0.2, 0.25) is 0 Å². The molecule has 0 aromatic rings. The van der Waals surface area contributed by atoms with Crippen molar-refractivity contribution in [1.29, 1.82) is 0 Å². The standard InChI is InChI=1S/C21H36O12/c22-6-15-17(28)18(29)19(30)21(33-15)32-14-5-9-10(24)3-8(23)4-13(9)31-20(14)7-1-11(25)16(27)12(26)2-7/h7-30H,1-6H2/t7?,8?,9?,10?,11?,12?,13?,14?,15-,16?,17-,18+,19-,20?,21+/m1/s1. The lowest BCUT2D eigenvalue weighted by atomic mass is 9.72. The molecule has 8 unspecified atom stereocenters. The van der Waals surface area contributed by atoms with Crippen molar-refractivity contribution in [2.75, 3.05) is 6.61 Å². The minimum absolute atomic E-state index is 0.111. The van der Waals surface area contributed by atoms with Gasteiger partial charge in [-0.3, -0.25) is 0 Å². The van der Waals surface area contributed by atoms with Crippen molar-refractivity contribution >= 4 is 0 Å². The lowest BCUT2D eigenvalue weighted by Crippen LogP contribution is -2.62. The summed E-state index contributed by atoms with van der Waals surface area (Å²) < 4.78 is 17.7. The smallest absolute Gasteiger partial charge is 0.187 e. The number of hydrogen-bond acceptors (Lipinski definition) is 12. The normalized spacial score (nSPS) is 55.7.